The number of ether oxygens (including phenoxy) is 1. The summed E-state index contributed by atoms with van der Waals surface area (Å²) in [5, 5.41) is 5.91. The number of amides is 3. The lowest BCUT2D eigenvalue weighted by Gasteiger charge is -2.20. The molecule has 1 atom stereocenters. The zero-order valence-corrected chi connectivity index (χ0v) is 16.6. The van der Waals surface area contributed by atoms with Crippen molar-refractivity contribution in [2.24, 2.45) is 0 Å². The summed E-state index contributed by atoms with van der Waals surface area (Å²) in [6, 6.07) is 7.24. The van der Waals surface area contributed by atoms with Crippen molar-refractivity contribution in [2.45, 2.75) is 39.2 Å². The highest BCUT2D eigenvalue weighted by Crippen LogP contribution is 2.35. The summed E-state index contributed by atoms with van der Waals surface area (Å²) in [5.41, 5.74) is 1.32. The number of carbonyl (C=O) groups excluding carboxylic acids is 2. The number of nitrogens with one attached hydrogen (secondary N) is 2. The summed E-state index contributed by atoms with van der Waals surface area (Å²) in [7, 11) is 0. The van der Waals surface area contributed by atoms with Crippen LogP contribution in [0.2, 0.25) is 0 Å². The van der Waals surface area contributed by atoms with E-state index in [1.165, 1.54) is 11.2 Å². The highest BCUT2D eigenvalue weighted by Gasteiger charge is 2.41. The Kier molecular flexibility index (Phi) is 4.50. The Morgan fingerprint density at radius 2 is 1.89 bits per heavy atom. The maximum absolute atomic E-state index is 11.9. The molecule has 0 saturated carbocycles. The predicted octanol–water partition coefficient (Wildman–Crippen LogP) is 3.63. The first-order valence-electron chi connectivity index (χ1n) is 8.97. The normalized spacial score (nSPS) is 19.0. The van der Waals surface area contributed by atoms with Crippen LogP contribution in [0.4, 0.5) is 4.79 Å². The number of fused-ring (bicyclic) bond motifs is 1. The van der Waals surface area contributed by atoms with Gasteiger partial charge in [0.2, 0.25) is 5.88 Å². The van der Waals surface area contributed by atoms with E-state index in [9.17, 15) is 9.59 Å². The van der Waals surface area contributed by atoms with Gasteiger partial charge < -0.3 is 10.1 Å². The molecule has 1 fully saturated rings. The van der Waals surface area contributed by atoms with Crippen LogP contribution in [0.5, 0.6) is 11.6 Å². The van der Waals surface area contributed by atoms with E-state index in [1.807, 2.05) is 31.2 Å². The highest BCUT2D eigenvalue weighted by atomic mass is 32.1. The van der Waals surface area contributed by atoms with Gasteiger partial charge in [-0.3, -0.25) is 10.1 Å². The third kappa shape index (κ3) is 3.31. The van der Waals surface area contributed by atoms with Gasteiger partial charge in [0.15, 0.2) is 0 Å². The monoisotopic (exact) mass is 396 g/mol. The summed E-state index contributed by atoms with van der Waals surface area (Å²) in [5.74, 6) is 0.953. The average molecular weight is 396 g/mol. The highest BCUT2D eigenvalue weighted by molar-refractivity contribution is 7.18. The lowest BCUT2D eigenvalue weighted by atomic mass is 9.93. The molecule has 0 radical (unpaired) electrons. The van der Waals surface area contributed by atoms with Crippen molar-refractivity contribution >= 4 is 33.5 Å². The fourth-order valence-corrected chi connectivity index (χ4v) is 4.20. The Hall–Kier alpha value is -3.00. The molecule has 2 N–H and O–H groups in total. The number of aryl methyl sites for hydroxylation is 3. The molecule has 1 saturated heterocycles. The molecule has 3 heterocycles. The zero-order chi connectivity index (χ0) is 19.9. The Morgan fingerprint density at radius 1 is 1.14 bits per heavy atom. The zero-order valence-electron chi connectivity index (χ0n) is 15.8. The summed E-state index contributed by atoms with van der Waals surface area (Å²) >= 11 is 1.63. The van der Waals surface area contributed by atoms with Gasteiger partial charge in [-0.05, 0) is 56.9 Å². The lowest BCUT2D eigenvalue weighted by molar-refractivity contribution is -0.123. The molecule has 0 spiro atoms. The van der Waals surface area contributed by atoms with Gasteiger partial charge in [0.1, 0.15) is 22.4 Å². The molecule has 1 aliphatic rings. The van der Waals surface area contributed by atoms with Gasteiger partial charge in [-0.1, -0.05) is 12.1 Å². The van der Waals surface area contributed by atoms with Crippen LogP contribution >= 0.6 is 11.3 Å². The maximum Gasteiger partial charge on any atom is 0.322 e. The molecule has 0 aliphatic carbocycles. The minimum Gasteiger partial charge on any atom is -0.438 e. The molecule has 4 rings (SSSR count). The van der Waals surface area contributed by atoms with E-state index in [-0.39, 0.29) is 5.91 Å². The van der Waals surface area contributed by atoms with E-state index >= 15 is 0 Å². The van der Waals surface area contributed by atoms with Crippen molar-refractivity contribution in [1.29, 1.82) is 0 Å². The van der Waals surface area contributed by atoms with E-state index in [4.69, 9.17) is 4.74 Å². The summed E-state index contributed by atoms with van der Waals surface area (Å²) in [6.45, 7) is 5.84. The van der Waals surface area contributed by atoms with Gasteiger partial charge in [0.25, 0.3) is 5.91 Å². The van der Waals surface area contributed by atoms with Crippen LogP contribution in [0.25, 0.3) is 10.2 Å². The number of carbonyl (C=O) groups is 2. The number of imide groups is 1. The third-order valence-electron chi connectivity index (χ3n) is 5.10. The smallest absolute Gasteiger partial charge is 0.322 e. The second kappa shape index (κ2) is 6.87. The van der Waals surface area contributed by atoms with Gasteiger partial charge in [-0.25, -0.2) is 14.8 Å². The molecule has 0 unspecified atom stereocenters. The van der Waals surface area contributed by atoms with Gasteiger partial charge in [0.05, 0.1) is 5.39 Å². The summed E-state index contributed by atoms with van der Waals surface area (Å²) in [6.07, 6.45) is 2.69. The molecule has 7 nitrogen and oxygen atoms in total. The number of aromatic nitrogens is 2. The Bertz CT molecular complexity index is 1080. The van der Waals surface area contributed by atoms with Crippen LogP contribution in [-0.4, -0.2) is 27.4 Å². The molecule has 1 aromatic carbocycles. The molecular weight excluding hydrogens is 376 g/mol. The first kappa shape index (κ1) is 18.4. The summed E-state index contributed by atoms with van der Waals surface area (Å²) < 4.78 is 6.00. The minimum absolute atomic E-state index is 0.286. The number of nitrogens with zero attached hydrogens (tertiary/aromatic N) is 2. The lowest BCUT2D eigenvalue weighted by Crippen LogP contribution is -2.43. The van der Waals surface area contributed by atoms with Gasteiger partial charge in [-0.15, -0.1) is 11.3 Å². The number of thiophene rings is 1. The van der Waals surface area contributed by atoms with Crippen molar-refractivity contribution in [3.63, 3.8) is 0 Å². The van der Waals surface area contributed by atoms with Crippen LogP contribution in [0, 0.1) is 13.8 Å². The fourth-order valence-electron chi connectivity index (χ4n) is 3.21. The van der Waals surface area contributed by atoms with Crippen molar-refractivity contribution in [3.05, 3.63) is 46.6 Å². The van der Waals surface area contributed by atoms with Crippen LogP contribution in [0.1, 0.15) is 29.3 Å². The number of urea groups is 1. The van der Waals surface area contributed by atoms with Gasteiger partial charge >= 0.3 is 6.03 Å². The first-order valence-corrected chi connectivity index (χ1v) is 9.78. The molecule has 8 heteroatoms. The van der Waals surface area contributed by atoms with Crippen molar-refractivity contribution in [3.8, 4) is 11.6 Å². The van der Waals surface area contributed by atoms with Crippen LogP contribution in [0.3, 0.4) is 0 Å². The molecule has 3 amide bonds. The predicted molar refractivity (Wildman–Crippen MR) is 107 cm³/mol. The molecular formula is C20H20N4O3S. The third-order valence-corrected chi connectivity index (χ3v) is 6.22. The number of hydrogen-bond acceptors (Lipinski definition) is 6. The van der Waals surface area contributed by atoms with E-state index in [1.54, 1.807) is 18.3 Å². The Morgan fingerprint density at radius 3 is 2.57 bits per heavy atom. The van der Waals surface area contributed by atoms with E-state index < -0.39 is 11.6 Å². The van der Waals surface area contributed by atoms with E-state index in [0.29, 0.717) is 24.5 Å². The second-order valence-corrected chi connectivity index (χ2v) is 8.33. The SMILES string of the molecule is Cc1sc2ncnc(Oc3ccc(CC[C@@]4(C)NC(=O)NC4=O)cc3)c2c1C. The van der Waals surface area contributed by atoms with E-state index in [2.05, 4.69) is 27.5 Å². The average Bonchev–Trinajstić information content (AvgIpc) is 3.10. The van der Waals surface area contributed by atoms with Crippen LogP contribution < -0.4 is 15.4 Å². The first-order chi connectivity index (χ1) is 13.4. The van der Waals surface area contributed by atoms with Crippen molar-refractivity contribution in [2.75, 3.05) is 0 Å². The molecule has 3 aromatic rings. The standard InChI is InChI=1S/C20H20N4O3S/c1-11-12(2)28-17-15(11)16(21-10-22-17)27-14-6-4-13(5-7-14)8-9-20(3)18(25)23-19(26)24-20/h4-7,10H,8-9H2,1-3H3,(H2,23,24,25,26)/t20-/m1/s1. The molecule has 2 aromatic heterocycles. The number of rotatable bonds is 5. The maximum atomic E-state index is 11.9. The molecule has 0 bridgehead atoms. The van der Waals surface area contributed by atoms with E-state index in [0.717, 1.165) is 21.3 Å². The largest absolute Gasteiger partial charge is 0.438 e. The molecule has 1 aliphatic heterocycles. The molecule has 144 valence electrons. The van der Waals surface area contributed by atoms with Gasteiger partial charge in [0, 0.05) is 4.88 Å². The molecule has 28 heavy (non-hydrogen) atoms. The van der Waals surface area contributed by atoms with Crippen molar-refractivity contribution < 1.29 is 14.3 Å². The van der Waals surface area contributed by atoms with Crippen LogP contribution in [0.15, 0.2) is 30.6 Å². The number of hydrogen-bond donors (Lipinski definition) is 2. The quantitative estimate of drug-likeness (QED) is 0.643. The fraction of sp³-hybridized carbons (Fsp3) is 0.300. The second-order valence-electron chi connectivity index (χ2n) is 7.13. The van der Waals surface area contributed by atoms with Gasteiger partial charge in [-0.2, -0.15) is 0 Å². The Labute approximate surface area is 166 Å². The van der Waals surface area contributed by atoms with Crippen LogP contribution in [-0.2, 0) is 11.2 Å². The summed E-state index contributed by atoms with van der Waals surface area (Å²) in [4.78, 5) is 34.0. The number of benzene rings is 1. The van der Waals surface area contributed by atoms with Crippen molar-refractivity contribution in [1.82, 2.24) is 20.6 Å². The minimum atomic E-state index is -0.868. The topological polar surface area (TPSA) is 93.2 Å². The Balaban J connectivity index is 1.47.